The molecule has 0 spiro atoms. The molecule has 8 unspecified atom stereocenters. The normalized spacial score (nSPS) is 20.7. The van der Waals surface area contributed by atoms with Crippen LogP contribution in [0.25, 0.3) is 0 Å². The molecular formula is C14H26N4O8. The number of nitrogens with two attached hydrogens (primary N) is 4. The van der Waals surface area contributed by atoms with Gasteiger partial charge in [-0.1, -0.05) is 6.92 Å². The molecule has 0 saturated carbocycles. The highest BCUT2D eigenvalue weighted by atomic mass is 16.4. The summed E-state index contributed by atoms with van der Waals surface area (Å²) in [5.41, 5.74) is 22.8. The van der Waals surface area contributed by atoms with E-state index in [1.807, 2.05) is 0 Å². The minimum absolute atomic E-state index is 1.05. The molecule has 0 aromatic rings. The highest BCUT2D eigenvalue weighted by molar-refractivity contribution is 5.80. The molecular weight excluding hydrogens is 352 g/mol. The van der Waals surface area contributed by atoms with E-state index in [0.717, 1.165) is 6.92 Å². The molecule has 12 nitrogen and oxygen atoms in total. The van der Waals surface area contributed by atoms with Crippen LogP contribution in [0.2, 0.25) is 0 Å². The Morgan fingerprint density at radius 2 is 0.885 bits per heavy atom. The SMILES string of the molecule is CC(N)C(C(=O)O)C(N)C(C(=O)O)C(N)C(C(=O)O)C(N)C(C)C(=O)O. The number of carboxylic acid groups (broad SMARTS) is 4. The van der Waals surface area contributed by atoms with Crippen molar-refractivity contribution in [1.29, 1.82) is 0 Å². The lowest BCUT2D eigenvalue weighted by molar-refractivity contribution is -0.151. The van der Waals surface area contributed by atoms with Gasteiger partial charge in [0.25, 0.3) is 0 Å². The van der Waals surface area contributed by atoms with Gasteiger partial charge in [-0.3, -0.25) is 19.2 Å². The molecule has 8 atom stereocenters. The lowest BCUT2D eigenvalue weighted by atomic mass is 9.73. The number of aliphatic carboxylic acids is 4. The van der Waals surface area contributed by atoms with Crippen LogP contribution in [0, 0.1) is 23.7 Å². The fourth-order valence-electron chi connectivity index (χ4n) is 2.83. The quantitative estimate of drug-likeness (QED) is 0.180. The topological polar surface area (TPSA) is 253 Å². The first kappa shape index (κ1) is 23.7. The lowest BCUT2D eigenvalue weighted by Crippen LogP contribution is -2.61. The van der Waals surface area contributed by atoms with E-state index >= 15 is 0 Å². The number of carboxylic acids is 4. The largest absolute Gasteiger partial charge is 0.481 e. The van der Waals surface area contributed by atoms with Gasteiger partial charge >= 0.3 is 23.9 Å². The van der Waals surface area contributed by atoms with E-state index in [1.54, 1.807) is 0 Å². The first-order valence-corrected chi connectivity index (χ1v) is 7.69. The fourth-order valence-corrected chi connectivity index (χ4v) is 2.83. The van der Waals surface area contributed by atoms with Crippen LogP contribution in [-0.4, -0.2) is 68.5 Å². The van der Waals surface area contributed by atoms with Crippen molar-refractivity contribution >= 4 is 23.9 Å². The van der Waals surface area contributed by atoms with Crippen LogP contribution in [0.3, 0.4) is 0 Å². The molecule has 0 aliphatic rings. The van der Waals surface area contributed by atoms with E-state index in [-0.39, 0.29) is 0 Å². The van der Waals surface area contributed by atoms with Crippen LogP contribution in [0.5, 0.6) is 0 Å². The first-order valence-electron chi connectivity index (χ1n) is 7.69. The van der Waals surface area contributed by atoms with Crippen molar-refractivity contribution in [3.8, 4) is 0 Å². The third kappa shape index (κ3) is 5.36. The van der Waals surface area contributed by atoms with Crippen molar-refractivity contribution in [2.45, 2.75) is 38.0 Å². The number of hydrogen-bond acceptors (Lipinski definition) is 8. The second-order valence-electron chi connectivity index (χ2n) is 6.31. The van der Waals surface area contributed by atoms with E-state index in [4.69, 9.17) is 28.0 Å². The Morgan fingerprint density at radius 1 is 0.577 bits per heavy atom. The Labute approximate surface area is 149 Å². The maximum absolute atomic E-state index is 11.6. The van der Waals surface area contributed by atoms with Crippen molar-refractivity contribution in [2.24, 2.45) is 46.6 Å². The van der Waals surface area contributed by atoms with Crippen LogP contribution in [-0.2, 0) is 19.2 Å². The zero-order valence-electron chi connectivity index (χ0n) is 14.4. The van der Waals surface area contributed by atoms with Crippen molar-refractivity contribution < 1.29 is 39.6 Å². The molecule has 0 heterocycles. The van der Waals surface area contributed by atoms with Crippen molar-refractivity contribution in [1.82, 2.24) is 0 Å². The minimum atomic E-state index is -1.84. The second-order valence-corrected chi connectivity index (χ2v) is 6.31. The number of rotatable bonds is 11. The molecule has 0 rings (SSSR count). The van der Waals surface area contributed by atoms with Gasteiger partial charge in [0.2, 0.25) is 0 Å². The van der Waals surface area contributed by atoms with E-state index < -0.39 is 71.7 Å². The zero-order valence-corrected chi connectivity index (χ0v) is 14.4. The Morgan fingerprint density at radius 3 is 1.15 bits per heavy atom. The Bertz CT molecular complexity index is 555. The van der Waals surface area contributed by atoms with Crippen LogP contribution < -0.4 is 22.9 Å². The monoisotopic (exact) mass is 378 g/mol. The van der Waals surface area contributed by atoms with Crippen molar-refractivity contribution in [3.63, 3.8) is 0 Å². The van der Waals surface area contributed by atoms with Crippen LogP contribution in [0.4, 0.5) is 0 Å². The van der Waals surface area contributed by atoms with Crippen LogP contribution in [0.15, 0.2) is 0 Å². The summed E-state index contributed by atoms with van der Waals surface area (Å²) in [5.74, 6) is -12.6. The number of carbonyl (C=O) groups is 4. The minimum Gasteiger partial charge on any atom is -0.481 e. The highest BCUT2D eigenvalue weighted by Gasteiger charge is 2.47. The van der Waals surface area contributed by atoms with E-state index in [1.165, 1.54) is 6.92 Å². The van der Waals surface area contributed by atoms with E-state index in [0.29, 0.717) is 0 Å². The van der Waals surface area contributed by atoms with Crippen LogP contribution >= 0.6 is 0 Å². The Kier molecular flexibility index (Phi) is 8.60. The number of hydrogen-bond donors (Lipinski definition) is 8. The third-order valence-corrected chi connectivity index (χ3v) is 4.46. The average Bonchev–Trinajstić information content (AvgIpc) is 2.44. The molecule has 0 radical (unpaired) electrons. The highest BCUT2D eigenvalue weighted by Crippen LogP contribution is 2.25. The van der Waals surface area contributed by atoms with Crippen LogP contribution in [0.1, 0.15) is 13.8 Å². The second kappa shape index (κ2) is 9.43. The molecule has 0 amide bonds. The van der Waals surface area contributed by atoms with E-state index in [2.05, 4.69) is 0 Å². The molecule has 12 heteroatoms. The third-order valence-electron chi connectivity index (χ3n) is 4.46. The summed E-state index contributed by atoms with van der Waals surface area (Å²) < 4.78 is 0. The Hall–Kier alpha value is -2.28. The van der Waals surface area contributed by atoms with Crippen molar-refractivity contribution in [2.75, 3.05) is 0 Å². The van der Waals surface area contributed by atoms with Gasteiger partial charge in [-0.25, -0.2) is 0 Å². The summed E-state index contributed by atoms with van der Waals surface area (Å²) in [5, 5.41) is 37.1. The van der Waals surface area contributed by atoms with Gasteiger partial charge in [0.15, 0.2) is 0 Å². The van der Waals surface area contributed by atoms with E-state index in [9.17, 15) is 34.5 Å². The molecule has 0 fully saturated rings. The molecule has 0 aromatic heterocycles. The maximum Gasteiger partial charge on any atom is 0.309 e. The Balaban J connectivity index is 5.96. The van der Waals surface area contributed by atoms with Gasteiger partial charge in [0.05, 0.1) is 23.7 Å². The summed E-state index contributed by atoms with van der Waals surface area (Å²) in [6.07, 6.45) is 0. The standard InChI is InChI=1S/C14H26N4O8/c1-3(11(19)20)8(16)6(13(23)24)10(18)7(14(25)26)9(17)5(4(2)15)12(21)22/h3-10H,15-18H2,1-2H3,(H,19,20)(H,21,22)(H,23,24)(H,25,26). The van der Waals surface area contributed by atoms with Crippen molar-refractivity contribution in [3.05, 3.63) is 0 Å². The molecule has 0 aliphatic carbocycles. The summed E-state index contributed by atoms with van der Waals surface area (Å²) in [6.45, 7) is 2.45. The molecule has 0 aromatic carbocycles. The lowest BCUT2D eigenvalue weighted by Gasteiger charge is -2.36. The molecule has 0 aliphatic heterocycles. The molecule has 150 valence electrons. The fraction of sp³-hybridized carbons (Fsp3) is 0.714. The molecule has 12 N–H and O–H groups in total. The van der Waals surface area contributed by atoms with Gasteiger partial charge in [0.1, 0.15) is 0 Å². The smallest absolute Gasteiger partial charge is 0.309 e. The first-order chi connectivity index (χ1) is 11.7. The van der Waals surface area contributed by atoms with Gasteiger partial charge < -0.3 is 43.4 Å². The molecule has 26 heavy (non-hydrogen) atoms. The maximum atomic E-state index is 11.6. The summed E-state index contributed by atoms with van der Waals surface area (Å²) >= 11 is 0. The molecule has 0 saturated heterocycles. The predicted molar refractivity (Wildman–Crippen MR) is 87.8 cm³/mol. The van der Waals surface area contributed by atoms with Gasteiger partial charge in [-0.05, 0) is 6.92 Å². The summed E-state index contributed by atoms with van der Waals surface area (Å²) in [6, 6.07) is -5.97. The zero-order chi connectivity index (χ0) is 20.9. The summed E-state index contributed by atoms with van der Waals surface area (Å²) in [7, 11) is 0. The van der Waals surface area contributed by atoms with Gasteiger partial charge in [-0.2, -0.15) is 0 Å². The van der Waals surface area contributed by atoms with Gasteiger partial charge in [0, 0.05) is 24.2 Å². The average molecular weight is 378 g/mol. The van der Waals surface area contributed by atoms with Gasteiger partial charge in [-0.15, -0.1) is 0 Å². The molecule has 0 bridgehead atoms. The predicted octanol–water partition coefficient (Wildman–Crippen LogP) is -2.86. The summed E-state index contributed by atoms with van der Waals surface area (Å²) in [4.78, 5) is 45.6.